The highest BCUT2D eigenvalue weighted by atomic mass is 79.9. The predicted octanol–water partition coefficient (Wildman–Crippen LogP) is 1.23. The third kappa shape index (κ3) is 2.41. The summed E-state index contributed by atoms with van der Waals surface area (Å²) in [6.07, 6.45) is 0. The second-order valence-corrected chi connectivity index (χ2v) is 4.19. The van der Waals surface area contributed by atoms with Gasteiger partial charge in [-0.2, -0.15) is 5.21 Å². The fraction of sp³-hybridized carbons (Fsp3) is 0.111. The number of hydrogen-bond donors (Lipinski definition) is 3. The van der Waals surface area contributed by atoms with E-state index in [2.05, 4.69) is 41.9 Å². The number of aromatic nitrogens is 4. The number of carbonyl (C=O) groups excluding carboxylic acids is 1. The van der Waals surface area contributed by atoms with Crippen molar-refractivity contribution in [3.05, 3.63) is 27.7 Å². The lowest BCUT2D eigenvalue weighted by Crippen LogP contribution is -2.13. The number of carbonyl (C=O) groups is 1. The van der Waals surface area contributed by atoms with Gasteiger partial charge in [-0.1, -0.05) is 5.10 Å². The van der Waals surface area contributed by atoms with Crippen molar-refractivity contribution in [2.24, 2.45) is 0 Å². The Hall–Kier alpha value is -1.96. The number of phenolic OH excluding ortho intramolecular Hbond substituents is 1. The number of nitrogens with zero attached hydrogens (tertiary/aromatic N) is 3. The summed E-state index contributed by atoms with van der Waals surface area (Å²) in [6.45, 7) is 1.81. The third-order valence-corrected chi connectivity index (χ3v) is 2.63. The van der Waals surface area contributed by atoms with Gasteiger partial charge in [0.2, 0.25) is 0 Å². The Morgan fingerprint density at radius 2 is 2.29 bits per heavy atom. The molecular formula is C9H8BrN5O2. The van der Waals surface area contributed by atoms with Crippen LogP contribution in [-0.2, 0) is 0 Å². The van der Waals surface area contributed by atoms with Crippen molar-refractivity contribution < 1.29 is 9.90 Å². The van der Waals surface area contributed by atoms with E-state index in [4.69, 9.17) is 0 Å². The summed E-state index contributed by atoms with van der Waals surface area (Å²) in [5.41, 5.74) is 0.981. The first-order chi connectivity index (χ1) is 8.08. The molecule has 17 heavy (non-hydrogen) atoms. The lowest BCUT2D eigenvalue weighted by molar-refractivity contribution is 0.102. The molecule has 0 bridgehead atoms. The van der Waals surface area contributed by atoms with Gasteiger partial charge < -0.3 is 5.11 Å². The molecule has 1 aromatic heterocycles. The summed E-state index contributed by atoms with van der Waals surface area (Å²) in [4.78, 5) is 11.8. The molecule has 0 unspecified atom stereocenters. The van der Waals surface area contributed by atoms with Crippen LogP contribution in [0.3, 0.4) is 0 Å². The first kappa shape index (κ1) is 11.5. The van der Waals surface area contributed by atoms with E-state index in [1.165, 1.54) is 0 Å². The van der Waals surface area contributed by atoms with Gasteiger partial charge in [0.15, 0.2) is 0 Å². The van der Waals surface area contributed by atoms with Gasteiger partial charge in [0.05, 0.1) is 10.0 Å². The molecular weight excluding hydrogens is 290 g/mol. The van der Waals surface area contributed by atoms with Crippen LogP contribution in [0.2, 0.25) is 0 Å². The van der Waals surface area contributed by atoms with Crippen LogP contribution in [0.25, 0.3) is 0 Å². The summed E-state index contributed by atoms with van der Waals surface area (Å²) in [6, 6.07) is 3.27. The summed E-state index contributed by atoms with van der Waals surface area (Å²) in [7, 11) is 0. The maximum atomic E-state index is 11.8. The average Bonchev–Trinajstić information content (AvgIpc) is 2.76. The van der Waals surface area contributed by atoms with Gasteiger partial charge in [-0.05, 0) is 45.8 Å². The number of aryl methyl sites for hydroxylation is 1. The van der Waals surface area contributed by atoms with E-state index in [1.807, 2.05) is 6.92 Å². The quantitative estimate of drug-likeness (QED) is 0.773. The SMILES string of the molecule is Cc1cc(Br)c(O)c(C(=O)Nc2nn[nH]n2)c1. The number of rotatable bonds is 2. The van der Waals surface area contributed by atoms with Crippen LogP contribution < -0.4 is 5.32 Å². The zero-order valence-electron chi connectivity index (χ0n) is 8.73. The number of H-pyrrole nitrogens is 1. The molecule has 8 heteroatoms. The molecule has 0 spiro atoms. The maximum Gasteiger partial charge on any atom is 0.270 e. The first-order valence-electron chi connectivity index (χ1n) is 4.62. The number of aromatic hydroxyl groups is 1. The standard InChI is InChI=1S/C9H8BrN5O2/c1-4-2-5(7(16)6(10)3-4)8(17)11-9-12-14-15-13-9/h2-3,16H,1H3,(H2,11,12,13,14,15,17). The normalized spacial score (nSPS) is 10.2. The largest absolute Gasteiger partial charge is 0.506 e. The van der Waals surface area contributed by atoms with Gasteiger partial charge in [0, 0.05) is 0 Å². The number of aromatic amines is 1. The Labute approximate surface area is 104 Å². The summed E-state index contributed by atoms with van der Waals surface area (Å²) in [5, 5.41) is 24.8. The van der Waals surface area contributed by atoms with E-state index >= 15 is 0 Å². The first-order valence-corrected chi connectivity index (χ1v) is 5.41. The molecule has 0 aliphatic carbocycles. The molecule has 1 aromatic carbocycles. The molecule has 0 fully saturated rings. The Balaban J connectivity index is 2.31. The van der Waals surface area contributed by atoms with Crippen LogP contribution in [0.5, 0.6) is 5.75 Å². The second-order valence-electron chi connectivity index (χ2n) is 3.33. The van der Waals surface area contributed by atoms with E-state index < -0.39 is 5.91 Å². The number of halogens is 1. The van der Waals surface area contributed by atoms with Crippen molar-refractivity contribution in [3.8, 4) is 5.75 Å². The summed E-state index contributed by atoms with van der Waals surface area (Å²) < 4.78 is 0.454. The van der Waals surface area contributed by atoms with Crippen LogP contribution in [0.1, 0.15) is 15.9 Å². The number of hydrogen-bond acceptors (Lipinski definition) is 5. The molecule has 2 rings (SSSR count). The van der Waals surface area contributed by atoms with Crippen molar-refractivity contribution in [2.75, 3.05) is 5.32 Å². The minimum Gasteiger partial charge on any atom is -0.506 e. The monoisotopic (exact) mass is 297 g/mol. The number of nitrogens with one attached hydrogen (secondary N) is 2. The Morgan fingerprint density at radius 1 is 1.53 bits per heavy atom. The van der Waals surface area contributed by atoms with Crippen molar-refractivity contribution in [1.82, 2.24) is 20.6 Å². The molecule has 0 atom stereocenters. The number of benzene rings is 1. The van der Waals surface area contributed by atoms with Crippen LogP contribution >= 0.6 is 15.9 Å². The molecule has 0 saturated heterocycles. The highest BCUT2D eigenvalue weighted by Crippen LogP contribution is 2.29. The minimum absolute atomic E-state index is 0.0482. The van der Waals surface area contributed by atoms with Gasteiger partial charge in [-0.15, -0.1) is 5.10 Å². The molecule has 0 radical (unpaired) electrons. The van der Waals surface area contributed by atoms with E-state index in [-0.39, 0.29) is 17.3 Å². The van der Waals surface area contributed by atoms with Gasteiger partial charge in [-0.3, -0.25) is 10.1 Å². The Kier molecular flexibility index (Phi) is 3.05. The fourth-order valence-electron chi connectivity index (χ4n) is 1.29. The topological polar surface area (TPSA) is 104 Å². The molecule has 7 nitrogen and oxygen atoms in total. The predicted molar refractivity (Wildman–Crippen MR) is 62.7 cm³/mol. The van der Waals surface area contributed by atoms with Gasteiger partial charge in [0.1, 0.15) is 5.75 Å². The second kappa shape index (κ2) is 4.50. The molecule has 0 aliphatic rings. The number of anilines is 1. The minimum atomic E-state index is -0.506. The van der Waals surface area contributed by atoms with Gasteiger partial charge in [0.25, 0.3) is 11.9 Å². The molecule has 1 heterocycles. The zero-order valence-corrected chi connectivity index (χ0v) is 10.3. The smallest absolute Gasteiger partial charge is 0.270 e. The van der Waals surface area contributed by atoms with Crippen LogP contribution in [0.15, 0.2) is 16.6 Å². The fourth-order valence-corrected chi connectivity index (χ4v) is 1.87. The maximum absolute atomic E-state index is 11.8. The van der Waals surface area contributed by atoms with E-state index in [0.717, 1.165) is 5.56 Å². The van der Waals surface area contributed by atoms with E-state index in [9.17, 15) is 9.90 Å². The lowest BCUT2D eigenvalue weighted by Gasteiger charge is -2.06. The van der Waals surface area contributed by atoms with Gasteiger partial charge >= 0.3 is 0 Å². The Bertz CT molecular complexity index is 555. The third-order valence-electron chi connectivity index (χ3n) is 2.02. The van der Waals surface area contributed by atoms with Crippen molar-refractivity contribution >= 4 is 27.8 Å². The lowest BCUT2D eigenvalue weighted by atomic mass is 10.1. The van der Waals surface area contributed by atoms with E-state index in [0.29, 0.717) is 4.47 Å². The van der Waals surface area contributed by atoms with Crippen LogP contribution in [0.4, 0.5) is 5.95 Å². The Morgan fingerprint density at radius 3 is 2.94 bits per heavy atom. The number of amides is 1. The molecule has 88 valence electrons. The van der Waals surface area contributed by atoms with Crippen LogP contribution in [-0.4, -0.2) is 31.6 Å². The summed E-state index contributed by atoms with van der Waals surface area (Å²) in [5.74, 6) is -0.586. The van der Waals surface area contributed by atoms with Gasteiger partial charge in [-0.25, -0.2) is 0 Å². The molecule has 0 aliphatic heterocycles. The zero-order chi connectivity index (χ0) is 12.4. The molecule has 1 amide bonds. The summed E-state index contributed by atoms with van der Waals surface area (Å²) >= 11 is 3.16. The molecule has 2 aromatic rings. The highest BCUT2D eigenvalue weighted by molar-refractivity contribution is 9.10. The highest BCUT2D eigenvalue weighted by Gasteiger charge is 2.15. The molecule has 0 saturated carbocycles. The molecule has 3 N–H and O–H groups in total. The number of tetrazole rings is 1. The van der Waals surface area contributed by atoms with Crippen molar-refractivity contribution in [1.29, 1.82) is 0 Å². The van der Waals surface area contributed by atoms with Crippen molar-refractivity contribution in [2.45, 2.75) is 6.92 Å². The number of phenols is 1. The van der Waals surface area contributed by atoms with E-state index in [1.54, 1.807) is 12.1 Å². The van der Waals surface area contributed by atoms with Crippen molar-refractivity contribution in [3.63, 3.8) is 0 Å². The average molecular weight is 298 g/mol. The van der Waals surface area contributed by atoms with Crippen LogP contribution in [0, 0.1) is 6.92 Å².